The second-order valence-corrected chi connectivity index (χ2v) is 8.76. The van der Waals surface area contributed by atoms with Gasteiger partial charge in [0.2, 0.25) is 0 Å². The third kappa shape index (κ3) is 9.34. The summed E-state index contributed by atoms with van der Waals surface area (Å²) in [6, 6.07) is 0. The van der Waals surface area contributed by atoms with Gasteiger partial charge in [-0.1, -0.05) is 0 Å². The van der Waals surface area contributed by atoms with E-state index in [-0.39, 0.29) is 11.9 Å². The SMILES string of the molecule is CCCCC(=O)[O][In]([Cl])[O]C(=O)CCCC. The van der Waals surface area contributed by atoms with Gasteiger partial charge in [-0.25, -0.2) is 0 Å². The molecular formula is C10H18ClInO4. The Kier molecular flexibility index (Phi) is 10.3. The van der Waals surface area contributed by atoms with Crippen LogP contribution in [-0.4, -0.2) is 33.1 Å². The molecule has 0 N–H and O–H groups in total. The van der Waals surface area contributed by atoms with E-state index in [1.54, 1.807) is 0 Å². The molecule has 0 saturated heterocycles. The van der Waals surface area contributed by atoms with Crippen molar-refractivity contribution in [1.82, 2.24) is 0 Å². The van der Waals surface area contributed by atoms with Crippen molar-refractivity contribution in [3.05, 3.63) is 0 Å². The van der Waals surface area contributed by atoms with Crippen LogP contribution in [-0.2, 0) is 15.3 Å². The first-order chi connectivity index (χ1) is 7.60. The molecule has 0 aromatic carbocycles. The number of halogens is 1. The molecule has 0 aromatic rings. The maximum absolute atomic E-state index is 11.2. The monoisotopic (exact) mass is 352 g/mol. The van der Waals surface area contributed by atoms with Crippen molar-refractivity contribution in [2.45, 2.75) is 52.4 Å². The van der Waals surface area contributed by atoms with Crippen molar-refractivity contribution >= 4 is 41.6 Å². The number of unbranched alkanes of at least 4 members (excludes halogenated alkanes) is 2. The number of hydrogen-bond acceptors (Lipinski definition) is 4. The number of hydrogen-bond donors (Lipinski definition) is 0. The molecule has 0 rings (SSSR count). The number of carbonyl (C=O) groups is 2. The van der Waals surface area contributed by atoms with Crippen LogP contribution in [0.2, 0.25) is 0 Å². The zero-order valence-corrected chi connectivity index (χ0v) is 13.9. The Balaban J connectivity index is 3.67. The molecule has 4 nitrogen and oxygen atoms in total. The molecule has 0 atom stereocenters. The van der Waals surface area contributed by atoms with E-state index >= 15 is 0 Å². The van der Waals surface area contributed by atoms with Crippen LogP contribution in [0.15, 0.2) is 0 Å². The molecule has 0 fully saturated rings. The van der Waals surface area contributed by atoms with Gasteiger partial charge in [-0.3, -0.25) is 0 Å². The van der Waals surface area contributed by atoms with Crippen molar-refractivity contribution in [3.8, 4) is 0 Å². The Morgan fingerprint density at radius 3 is 1.69 bits per heavy atom. The van der Waals surface area contributed by atoms with E-state index < -0.39 is 21.1 Å². The molecule has 0 saturated carbocycles. The predicted octanol–water partition coefficient (Wildman–Crippen LogP) is 2.68. The number of carbonyl (C=O) groups excluding carboxylic acids is 2. The maximum atomic E-state index is 11.2. The van der Waals surface area contributed by atoms with Crippen LogP contribution in [0, 0.1) is 0 Å². The quantitative estimate of drug-likeness (QED) is 0.674. The van der Waals surface area contributed by atoms with Gasteiger partial charge in [-0.05, 0) is 0 Å². The van der Waals surface area contributed by atoms with E-state index in [0.717, 1.165) is 25.7 Å². The molecule has 92 valence electrons. The molecule has 6 heteroatoms. The Morgan fingerprint density at radius 1 is 1.00 bits per heavy atom. The molecule has 0 aliphatic heterocycles. The topological polar surface area (TPSA) is 52.6 Å². The van der Waals surface area contributed by atoms with E-state index in [1.807, 2.05) is 13.8 Å². The van der Waals surface area contributed by atoms with Gasteiger partial charge in [0.25, 0.3) is 0 Å². The minimum atomic E-state index is -3.31. The van der Waals surface area contributed by atoms with Crippen LogP contribution in [0.3, 0.4) is 0 Å². The van der Waals surface area contributed by atoms with Gasteiger partial charge in [-0.2, -0.15) is 0 Å². The van der Waals surface area contributed by atoms with Crippen LogP contribution in [0.4, 0.5) is 0 Å². The fourth-order valence-electron chi connectivity index (χ4n) is 0.991. The fraction of sp³-hybridized carbons (Fsp3) is 0.800. The third-order valence-electron chi connectivity index (χ3n) is 1.92. The van der Waals surface area contributed by atoms with Crippen LogP contribution >= 0.6 is 8.58 Å². The Morgan fingerprint density at radius 2 is 1.38 bits per heavy atom. The Labute approximate surface area is 109 Å². The number of rotatable bonds is 8. The van der Waals surface area contributed by atoms with Gasteiger partial charge in [0.05, 0.1) is 0 Å². The molecule has 0 radical (unpaired) electrons. The average molecular weight is 353 g/mol. The first kappa shape index (κ1) is 16.1. The fourth-order valence-corrected chi connectivity index (χ4v) is 4.31. The summed E-state index contributed by atoms with van der Waals surface area (Å²) in [6.07, 6.45) is 4.10. The van der Waals surface area contributed by atoms with Gasteiger partial charge < -0.3 is 0 Å². The van der Waals surface area contributed by atoms with Gasteiger partial charge in [-0.15, -0.1) is 0 Å². The summed E-state index contributed by atoms with van der Waals surface area (Å²) in [6.45, 7) is 3.97. The van der Waals surface area contributed by atoms with Crippen LogP contribution in [0.1, 0.15) is 52.4 Å². The summed E-state index contributed by atoms with van der Waals surface area (Å²) in [4.78, 5) is 22.3. The van der Waals surface area contributed by atoms with E-state index in [1.165, 1.54) is 0 Å². The van der Waals surface area contributed by atoms with Crippen LogP contribution in [0.25, 0.3) is 0 Å². The van der Waals surface area contributed by atoms with E-state index in [2.05, 4.69) is 0 Å². The molecule has 0 unspecified atom stereocenters. The van der Waals surface area contributed by atoms with Crippen molar-refractivity contribution in [3.63, 3.8) is 0 Å². The Bertz CT molecular complexity index is 201. The minimum absolute atomic E-state index is 0.346. The summed E-state index contributed by atoms with van der Waals surface area (Å²) >= 11 is -3.31. The van der Waals surface area contributed by atoms with E-state index in [9.17, 15) is 9.59 Å². The van der Waals surface area contributed by atoms with Crippen molar-refractivity contribution in [2.24, 2.45) is 0 Å². The standard InChI is InChI=1S/2C5H10O2.ClH.In/c2*1-2-3-4-5(6)7;;/h2*2-4H2,1H3,(H,6,7);1H;/q;;;+3/p-3. The normalized spacial score (nSPS) is 9.69. The summed E-state index contributed by atoms with van der Waals surface area (Å²) < 4.78 is 9.79. The van der Waals surface area contributed by atoms with Crippen LogP contribution in [0.5, 0.6) is 0 Å². The second kappa shape index (κ2) is 10.3. The summed E-state index contributed by atoms with van der Waals surface area (Å²) in [5.41, 5.74) is 0. The molecule has 16 heavy (non-hydrogen) atoms. The predicted molar refractivity (Wildman–Crippen MR) is 62.8 cm³/mol. The molecule has 0 amide bonds. The summed E-state index contributed by atoms with van der Waals surface area (Å²) in [5.74, 6) is -0.693. The second-order valence-electron chi connectivity index (χ2n) is 3.46. The van der Waals surface area contributed by atoms with Gasteiger partial charge >= 0.3 is 109 Å². The van der Waals surface area contributed by atoms with E-state index in [0.29, 0.717) is 12.8 Å². The van der Waals surface area contributed by atoms with Crippen molar-refractivity contribution < 1.29 is 15.3 Å². The molecule has 0 bridgehead atoms. The summed E-state index contributed by atoms with van der Waals surface area (Å²) in [7, 11) is 5.75. The average Bonchev–Trinajstić information content (AvgIpc) is 2.23. The van der Waals surface area contributed by atoms with Gasteiger partial charge in [0.15, 0.2) is 0 Å². The Hall–Kier alpha value is 0.100. The van der Waals surface area contributed by atoms with Gasteiger partial charge in [0.1, 0.15) is 0 Å². The first-order valence-electron chi connectivity index (χ1n) is 5.63. The molecule has 0 aliphatic carbocycles. The first-order valence-corrected chi connectivity index (χ1v) is 12.5. The van der Waals surface area contributed by atoms with Crippen molar-refractivity contribution in [2.75, 3.05) is 0 Å². The van der Waals surface area contributed by atoms with E-state index in [4.69, 9.17) is 14.3 Å². The molecule has 0 aromatic heterocycles. The molecule has 0 heterocycles. The molecule has 0 spiro atoms. The zero-order chi connectivity index (χ0) is 12.4. The summed E-state index contributed by atoms with van der Waals surface area (Å²) in [5, 5.41) is 0. The molecular weight excluding hydrogens is 334 g/mol. The van der Waals surface area contributed by atoms with Gasteiger partial charge in [0, 0.05) is 0 Å². The third-order valence-corrected chi connectivity index (χ3v) is 5.67. The van der Waals surface area contributed by atoms with Crippen LogP contribution < -0.4 is 0 Å². The van der Waals surface area contributed by atoms with Crippen molar-refractivity contribution in [1.29, 1.82) is 0 Å². The zero-order valence-electron chi connectivity index (χ0n) is 9.83. The molecule has 0 aliphatic rings.